The summed E-state index contributed by atoms with van der Waals surface area (Å²) in [6.45, 7) is 7.85. The zero-order valence-electron chi connectivity index (χ0n) is 9.92. The molecule has 0 unspecified atom stereocenters. The normalized spacial score (nSPS) is 9.81. The topological polar surface area (TPSA) is 50.1 Å². The van der Waals surface area contributed by atoms with Gasteiger partial charge in [0.15, 0.2) is 0 Å². The fraction of sp³-hybridized carbons (Fsp3) is 0.385. The molecule has 0 bridgehead atoms. The van der Waals surface area contributed by atoms with Crippen molar-refractivity contribution in [1.29, 1.82) is 0 Å². The van der Waals surface area contributed by atoms with E-state index in [0.29, 0.717) is 0 Å². The first kappa shape index (κ1) is 12.4. The molecule has 0 amide bonds. The largest absolute Gasteiger partial charge is 0.397 e. The van der Waals surface area contributed by atoms with Crippen LogP contribution >= 0.6 is 0 Å². The third-order valence-corrected chi connectivity index (χ3v) is 2.43. The predicted molar refractivity (Wildman–Crippen MR) is 71.4 cm³/mol. The van der Waals surface area contributed by atoms with E-state index in [-0.39, 0.29) is 0 Å². The Morgan fingerprint density at radius 1 is 1.31 bits per heavy atom. The lowest BCUT2D eigenvalue weighted by Gasteiger charge is -2.10. The van der Waals surface area contributed by atoms with Gasteiger partial charge in [-0.05, 0) is 25.0 Å². The fourth-order valence-electron chi connectivity index (χ4n) is 1.36. The summed E-state index contributed by atoms with van der Waals surface area (Å²) in [6.07, 6.45) is 2.03. The third kappa shape index (κ3) is 4.26. The van der Waals surface area contributed by atoms with Gasteiger partial charge in [-0.2, -0.15) is 0 Å². The van der Waals surface area contributed by atoms with Gasteiger partial charge in [0, 0.05) is 18.8 Å². The number of hydrogen-bond acceptors (Lipinski definition) is 3. The number of nitrogens with one attached hydrogen (secondary N) is 2. The zero-order valence-corrected chi connectivity index (χ0v) is 9.92. The SMILES string of the molecule is C=C(CC)NCCCNc1ccccc1N. The van der Waals surface area contributed by atoms with Gasteiger partial charge in [-0.25, -0.2) is 0 Å². The lowest BCUT2D eigenvalue weighted by molar-refractivity contribution is 0.727. The van der Waals surface area contributed by atoms with Gasteiger partial charge in [0.25, 0.3) is 0 Å². The van der Waals surface area contributed by atoms with Gasteiger partial charge in [-0.1, -0.05) is 25.6 Å². The lowest BCUT2D eigenvalue weighted by atomic mass is 10.2. The van der Waals surface area contributed by atoms with Crippen LogP contribution < -0.4 is 16.4 Å². The van der Waals surface area contributed by atoms with E-state index in [1.165, 1.54) is 0 Å². The fourth-order valence-corrected chi connectivity index (χ4v) is 1.36. The van der Waals surface area contributed by atoms with Crippen LogP contribution in [0.5, 0.6) is 0 Å². The first-order valence-corrected chi connectivity index (χ1v) is 5.74. The summed E-state index contributed by atoms with van der Waals surface area (Å²) in [5.74, 6) is 0. The molecule has 0 atom stereocenters. The molecule has 3 nitrogen and oxygen atoms in total. The quantitative estimate of drug-likeness (QED) is 0.488. The van der Waals surface area contributed by atoms with E-state index < -0.39 is 0 Å². The van der Waals surface area contributed by atoms with Crippen molar-refractivity contribution in [2.45, 2.75) is 19.8 Å². The highest BCUT2D eigenvalue weighted by atomic mass is 14.9. The van der Waals surface area contributed by atoms with Gasteiger partial charge in [0.05, 0.1) is 11.4 Å². The van der Waals surface area contributed by atoms with Crippen molar-refractivity contribution >= 4 is 11.4 Å². The Morgan fingerprint density at radius 2 is 2.06 bits per heavy atom. The van der Waals surface area contributed by atoms with Crippen LogP contribution in [0.15, 0.2) is 36.5 Å². The van der Waals surface area contributed by atoms with Gasteiger partial charge in [-0.3, -0.25) is 0 Å². The minimum atomic E-state index is 0.799. The van der Waals surface area contributed by atoms with Crippen LogP contribution in [-0.2, 0) is 0 Å². The standard InChI is InChI=1S/C13H21N3/c1-3-11(2)15-9-6-10-16-13-8-5-4-7-12(13)14/h4-5,7-8,15-16H,2-3,6,9-10,14H2,1H3. The number of anilines is 2. The lowest BCUT2D eigenvalue weighted by Crippen LogP contribution is -2.16. The molecule has 0 aliphatic rings. The van der Waals surface area contributed by atoms with Gasteiger partial charge < -0.3 is 16.4 Å². The molecule has 0 fully saturated rings. The van der Waals surface area contributed by atoms with Crippen LogP contribution in [0.25, 0.3) is 0 Å². The molecular weight excluding hydrogens is 198 g/mol. The van der Waals surface area contributed by atoms with Gasteiger partial charge >= 0.3 is 0 Å². The number of benzene rings is 1. The van der Waals surface area contributed by atoms with E-state index in [4.69, 9.17) is 5.73 Å². The monoisotopic (exact) mass is 219 g/mol. The van der Waals surface area contributed by atoms with Crippen molar-refractivity contribution in [2.75, 3.05) is 24.1 Å². The second kappa shape index (κ2) is 6.77. The van der Waals surface area contributed by atoms with Crippen molar-refractivity contribution in [1.82, 2.24) is 5.32 Å². The maximum absolute atomic E-state index is 5.81. The van der Waals surface area contributed by atoms with Crippen molar-refractivity contribution < 1.29 is 0 Å². The summed E-state index contributed by atoms with van der Waals surface area (Å²) in [5, 5.41) is 6.58. The molecule has 3 heteroatoms. The first-order chi connectivity index (χ1) is 7.74. The smallest absolute Gasteiger partial charge is 0.0573 e. The summed E-state index contributed by atoms with van der Waals surface area (Å²) < 4.78 is 0. The Labute approximate surface area is 97.7 Å². The Hall–Kier alpha value is -1.64. The molecule has 0 saturated carbocycles. The molecule has 88 valence electrons. The molecule has 0 saturated heterocycles. The molecule has 0 heterocycles. The summed E-state index contributed by atoms with van der Waals surface area (Å²) in [6, 6.07) is 7.82. The van der Waals surface area contributed by atoms with E-state index in [1.807, 2.05) is 24.3 Å². The maximum atomic E-state index is 5.81. The number of para-hydroxylation sites is 2. The van der Waals surface area contributed by atoms with Crippen LogP contribution in [0.4, 0.5) is 11.4 Å². The Balaban J connectivity index is 2.17. The summed E-state index contributed by atoms with van der Waals surface area (Å²) in [7, 11) is 0. The molecule has 16 heavy (non-hydrogen) atoms. The van der Waals surface area contributed by atoms with Crippen molar-refractivity contribution in [3.05, 3.63) is 36.5 Å². The molecule has 4 N–H and O–H groups in total. The molecule has 0 spiro atoms. The van der Waals surface area contributed by atoms with Crippen molar-refractivity contribution in [3.8, 4) is 0 Å². The van der Waals surface area contributed by atoms with E-state index in [9.17, 15) is 0 Å². The molecule has 0 aromatic heterocycles. The zero-order chi connectivity index (χ0) is 11.8. The molecule has 0 radical (unpaired) electrons. The Bertz CT molecular complexity index is 334. The summed E-state index contributed by atoms with van der Waals surface area (Å²) in [4.78, 5) is 0. The van der Waals surface area contributed by atoms with Crippen LogP contribution in [0.1, 0.15) is 19.8 Å². The molecular formula is C13H21N3. The predicted octanol–water partition coefficient (Wildman–Crippen LogP) is 2.58. The first-order valence-electron chi connectivity index (χ1n) is 5.74. The molecule has 0 aliphatic carbocycles. The van der Waals surface area contributed by atoms with Gasteiger partial charge in [0.1, 0.15) is 0 Å². The van der Waals surface area contributed by atoms with Crippen LogP contribution in [0, 0.1) is 0 Å². The van der Waals surface area contributed by atoms with E-state index in [2.05, 4.69) is 24.1 Å². The third-order valence-electron chi connectivity index (χ3n) is 2.43. The number of nitrogen functional groups attached to an aromatic ring is 1. The average Bonchev–Trinajstić information content (AvgIpc) is 2.30. The Morgan fingerprint density at radius 3 is 2.75 bits per heavy atom. The second-order valence-electron chi connectivity index (χ2n) is 3.75. The maximum Gasteiger partial charge on any atom is 0.0573 e. The van der Waals surface area contributed by atoms with Gasteiger partial charge in [0.2, 0.25) is 0 Å². The molecule has 1 rings (SSSR count). The second-order valence-corrected chi connectivity index (χ2v) is 3.75. The molecule has 1 aromatic carbocycles. The van der Waals surface area contributed by atoms with Crippen molar-refractivity contribution in [3.63, 3.8) is 0 Å². The molecule has 1 aromatic rings. The van der Waals surface area contributed by atoms with Gasteiger partial charge in [-0.15, -0.1) is 0 Å². The van der Waals surface area contributed by atoms with E-state index in [0.717, 1.165) is 43.0 Å². The summed E-state index contributed by atoms with van der Waals surface area (Å²) >= 11 is 0. The van der Waals surface area contributed by atoms with E-state index >= 15 is 0 Å². The summed E-state index contributed by atoms with van der Waals surface area (Å²) in [5.41, 5.74) is 8.72. The molecule has 0 aliphatic heterocycles. The van der Waals surface area contributed by atoms with Crippen LogP contribution in [0.3, 0.4) is 0 Å². The minimum Gasteiger partial charge on any atom is -0.397 e. The average molecular weight is 219 g/mol. The number of hydrogen-bond donors (Lipinski definition) is 3. The Kier molecular flexibility index (Phi) is 5.26. The van der Waals surface area contributed by atoms with Crippen LogP contribution in [-0.4, -0.2) is 13.1 Å². The number of allylic oxidation sites excluding steroid dienone is 1. The highest BCUT2D eigenvalue weighted by Gasteiger charge is 1.95. The number of rotatable bonds is 7. The highest BCUT2D eigenvalue weighted by Crippen LogP contribution is 2.16. The van der Waals surface area contributed by atoms with Crippen LogP contribution in [0.2, 0.25) is 0 Å². The van der Waals surface area contributed by atoms with E-state index in [1.54, 1.807) is 0 Å². The minimum absolute atomic E-state index is 0.799. The number of nitrogens with two attached hydrogens (primary N) is 1. The highest BCUT2D eigenvalue weighted by molar-refractivity contribution is 5.65. The van der Waals surface area contributed by atoms with Crippen molar-refractivity contribution in [2.24, 2.45) is 0 Å².